The van der Waals surface area contributed by atoms with Gasteiger partial charge in [-0.05, 0) is 44.9 Å². The Labute approximate surface area is 449 Å². The first-order chi connectivity index (χ1) is 35.0. The van der Waals surface area contributed by atoms with E-state index in [2.05, 4.69) is 31.3 Å². The van der Waals surface area contributed by atoms with Crippen molar-refractivity contribution in [1.82, 2.24) is 5.32 Å². The molecule has 0 fully saturated rings. The highest BCUT2D eigenvalue weighted by atomic mass is 31.2. The van der Waals surface area contributed by atoms with E-state index in [1.807, 2.05) is 27.2 Å². The number of nitrogens with one attached hydrogen (secondary N) is 1. The predicted molar refractivity (Wildman–Crippen MR) is 312 cm³/mol. The Hall–Kier alpha value is -1.02. The first kappa shape index (κ1) is 71.0. The first-order valence-electron chi connectivity index (χ1n) is 31.7. The minimum Gasteiger partial charge on any atom is -0.756 e. The predicted octanol–water partition coefficient (Wildman–Crippen LogP) is 18.9. The third-order valence-corrected chi connectivity index (χ3v) is 15.6. The van der Waals surface area contributed by atoms with E-state index in [4.69, 9.17) is 9.05 Å². The van der Waals surface area contributed by atoms with Crippen LogP contribution in [0.4, 0.5) is 0 Å². The lowest BCUT2D eigenvalue weighted by atomic mass is 10.0. The summed E-state index contributed by atoms with van der Waals surface area (Å²) in [7, 11) is 1.27. The Balaban J connectivity index is 3.80. The van der Waals surface area contributed by atoms with E-state index in [1.54, 1.807) is 6.08 Å². The Kier molecular flexibility index (Phi) is 54.0. The third-order valence-electron chi connectivity index (χ3n) is 14.7. The normalized spacial score (nSPS) is 13.9. The Morgan fingerprint density at radius 1 is 0.472 bits per heavy atom. The van der Waals surface area contributed by atoms with E-state index in [0.717, 1.165) is 38.5 Å². The zero-order valence-corrected chi connectivity index (χ0v) is 49.8. The topological polar surface area (TPSA) is 108 Å². The van der Waals surface area contributed by atoms with Crippen molar-refractivity contribution >= 4 is 13.7 Å². The molecule has 0 saturated carbocycles. The molecular formula is C63H125N2O6P. The number of carbonyl (C=O) groups is 1. The molecule has 72 heavy (non-hydrogen) atoms. The number of carbonyl (C=O) groups excluding carboxylic acids is 1. The van der Waals surface area contributed by atoms with Crippen molar-refractivity contribution < 1.29 is 32.9 Å². The maximum Gasteiger partial charge on any atom is 0.268 e. The summed E-state index contributed by atoms with van der Waals surface area (Å²) >= 11 is 0. The summed E-state index contributed by atoms with van der Waals surface area (Å²) in [5.74, 6) is -0.192. The van der Waals surface area contributed by atoms with Crippen LogP contribution in [-0.2, 0) is 18.4 Å². The molecular weight excluding hydrogens is 912 g/mol. The molecule has 0 rings (SSSR count). The van der Waals surface area contributed by atoms with Crippen LogP contribution in [0.15, 0.2) is 24.3 Å². The standard InChI is InChI=1S/C63H125N2O6P/c1-6-8-10-12-14-16-18-19-20-21-22-23-24-25-26-27-28-29-30-31-32-33-34-35-36-37-38-39-40-41-42-43-44-45-47-49-51-53-55-57-63(67)64-61(60-71-72(68,69)70-59-58-65(3,4)5)62(66)56-54-52-50-48-46-17-15-13-11-9-7-2/h21-22,54,56,61-62,66H,6-20,23-53,55,57-60H2,1-5H3,(H-,64,67,68,69)/b22-21-,56-54+. The van der Waals surface area contributed by atoms with Crippen molar-refractivity contribution in [1.29, 1.82) is 0 Å². The minimum atomic E-state index is -4.59. The highest BCUT2D eigenvalue weighted by molar-refractivity contribution is 7.45. The molecule has 0 aromatic heterocycles. The van der Waals surface area contributed by atoms with Gasteiger partial charge in [0.2, 0.25) is 5.91 Å². The van der Waals surface area contributed by atoms with Gasteiger partial charge in [-0.1, -0.05) is 295 Å². The van der Waals surface area contributed by atoms with Gasteiger partial charge in [-0.3, -0.25) is 9.36 Å². The number of aliphatic hydroxyl groups is 1. The Morgan fingerprint density at radius 3 is 1.08 bits per heavy atom. The molecule has 3 atom stereocenters. The van der Waals surface area contributed by atoms with Crippen molar-refractivity contribution in [2.75, 3.05) is 40.9 Å². The molecule has 8 nitrogen and oxygen atoms in total. The number of hydrogen-bond donors (Lipinski definition) is 2. The van der Waals surface area contributed by atoms with Crippen LogP contribution in [-0.4, -0.2) is 68.5 Å². The number of amides is 1. The van der Waals surface area contributed by atoms with E-state index < -0.39 is 20.0 Å². The average molecular weight is 1040 g/mol. The monoisotopic (exact) mass is 1040 g/mol. The lowest BCUT2D eigenvalue weighted by Gasteiger charge is -2.29. The van der Waals surface area contributed by atoms with E-state index in [1.165, 1.54) is 263 Å². The maximum atomic E-state index is 12.9. The van der Waals surface area contributed by atoms with Crippen LogP contribution in [0.1, 0.15) is 322 Å². The minimum absolute atomic E-state index is 0.00160. The van der Waals surface area contributed by atoms with Crippen LogP contribution in [0.5, 0.6) is 0 Å². The van der Waals surface area contributed by atoms with Crippen LogP contribution < -0.4 is 10.2 Å². The second kappa shape index (κ2) is 54.8. The molecule has 0 aromatic rings. The second-order valence-electron chi connectivity index (χ2n) is 23.1. The van der Waals surface area contributed by atoms with Crippen LogP contribution in [0, 0.1) is 0 Å². The molecule has 0 radical (unpaired) electrons. The van der Waals surface area contributed by atoms with Gasteiger partial charge in [0, 0.05) is 6.42 Å². The molecule has 9 heteroatoms. The molecule has 2 N–H and O–H groups in total. The smallest absolute Gasteiger partial charge is 0.268 e. The summed E-state index contributed by atoms with van der Waals surface area (Å²) in [5.41, 5.74) is 0. The first-order valence-corrected chi connectivity index (χ1v) is 33.2. The molecule has 3 unspecified atom stereocenters. The Morgan fingerprint density at radius 2 is 0.764 bits per heavy atom. The van der Waals surface area contributed by atoms with Crippen LogP contribution in [0.2, 0.25) is 0 Å². The van der Waals surface area contributed by atoms with E-state index in [0.29, 0.717) is 17.4 Å². The summed E-state index contributed by atoms with van der Waals surface area (Å²) in [4.78, 5) is 25.4. The van der Waals surface area contributed by atoms with Gasteiger partial charge in [0.15, 0.2) is 0 Å². The number of rotatable bonds is 59. The number of aliphatic hydroxyl groups excluding tert-OH is 1. The molecule has 0 aliphatic rings. The molecule has 0 aliphatic carbocycles. The zero-order chi connectivity index (χ0) is 52.7. The van der Waals surface area contributed by atoms with E-state index in [-0.39, 0.29) is 19.1 Å². The number of quaternary nitrogens is 1. The van der Waals surface area contributed by atoms with Gasteiger partial charge < -0.3 is 28.8 Å². The fourth-order valence-corrected chi connectivity index (χ4v) is 10.4. The SMILES string of the molecule is CCCCCCCCCC/C=C\CCCCCCCCCCCCCCCCCCCCCCCCCCCCCC(=O)NC(COP(=O)([O-])OCC[N+](C)(C)C)C(O)/C=C/CCCCCCCCCCC. The highest BCUT2D eigenvalue weighted by Crippen LogP contribution is 2.38. The van der Waals surface area contributed by atoms with Crippen molar-refractivity contribution in [2.45, 2.75) is 334 Å². The lowest BCUT2D eigenvalue weighted by molar-refractivity contribution is -0.870. The molecule has 0 bridgehead atoms. The highest BCUT2D eigenvalue weighted by Gasteiger charge is 2.23. The molecule has 0 aromatic carbocycles. The maximum absolute atomic E-state index is 12.9. The number of nitrogens with zero attached hydrogens (tertiary/aromatic N) is 1. The lowest BCUT2D eigenvalue weighted by Crippen LogP contribution is -2.45. The van der Waals surface area contributed by atoms with Crippen molar-refractivity contribution in [2.24, 2.45) is 0 Å². The summed E-state index contributed by atoms with van der Waals surface area (Å²) in [5, 5.41) is 13.8. The summed E-state index contributed by atoms with van der Waals surface area (Å²) < 4.78 is 23.3. The van der Waals surface area contributed by atoms with Crippen molar-refractivity contribution in [3.8, 4) is 0 Å². The molecule has 0 aliphatic heterocycles. The van der Waals surface area contributed by atoms with Crippen LogP contribution >= 0.6 is 7.82 Å². The Bertz CT molecular complexity index is 1220. The summed E-state index contributed by atoms with van der Waals surface area (Å²) in [6.45, 7) is 4.66. The number of allylic oxidation sites excluding steroid dienone is 3. The third kappa shape index (κ3) is 56.7. The van der Waals surface area contributed by atoms with E-state index in [9.17, 15) is 19.4 Å². The molecule has 0 spiro atoms. The van der Waals surface area contributed by atoms with Gasteiger partial charge in [-0.25, -0.2) is 0 Å². The van der Waals surface area contributed by atoms with Crippen LogP contribution in [0.3, 0.4) is 0 Å². The van der Waals surface area contributed by atoms with Crippen LogP contribution in [0.25, 0.3) is 0 Å². The fourth-order valence-electron chi connectivity index (χ4n) is 9.68. The van der Waals surface area contributed by atoms with E-state index >= 15 is 0 Å². The number of unbranched alkanes of at least 4 members (excludes halogenated alkanes) is 44. The van der Waals surface area contributed by atoms with Crippen molar-refractivity contribution in [3.05, 3.63) is 24.3 Å². The fraction of sp³-hybridized carbons (Fsp3) is 0.921. The number of phosphoric acid groups is 1. The van der Waals surface area contributed by atoms with Gasteiger partial charge in [0.1, 0.15) is 13.2 Å². The average Bonchev–Trinajstić information content (AvgIpc) is 3.34. The quantitative estimate of drug-likeness (QED) is 0.0272. The van der Waals surface area contributed by atoms with Crippen molar-refractivity contribution in [3.63, 3.8) is 0 Å². The number of likely N-dealkylation sites (N-methyl/N-ethyl adjacent to an activating group) is 1. The summed E-state index contributed by atoms with van der Waals surface area (Å²) in [6.07, 6.45) is 70.2. The molecule has 0 saturated heterocycles. The largest absolute Gasteiger partial charge is 0.756 e. The summed E-state index contributed by atoms with van der Waals surface area (Å²) in [6, 6.07) is -0.882. The number of hydrogen-bond acceptors (Lipinski definition) is 6. The zero-order valence-electron chi connectivity index (χ0n) is 48.9. The van der Waals surface area contributed by atoms with Gasteiger partial charge in [-0.2, -0.15) is 0 Å². The molecule has 428 valence electrons. The van der Waals surface area contributed by atoms with Gasteiger partial charge in [0.05, 0.1) is 39.9 Å². The number of phosphoric ester groups is 1. The second-order valence-corrected chi connectivity index (χ2v) is 24.5. The van der Waals surface area contributed by atoms with Gasteiger partial charge in [0.25, 0.3) is 7.82 Å². The van der Waals surface area contributed by atoms with Gasteiger partial charge >= 0.3 is 0 Å². The van der Waals surface area contributed by atoms with Gasteiger partial charge in [-0.15, -0.1) is 0 Å². The molecule has 0 heterocycles. The molecule has 1 amide bonds.